The molecule has 0 radical (unpaired) electrons. The molecule has 1 aromatic heterocycles. The first-order valence-corrected chi connectivity index (χ1v) is 5.64. The lowest BCUT2D eigenvalue weighted by Gasteiger charge is -2.01. The summed E-state index contributed by atoms with van der Waals surface area (Å²) < 4.78 is 0. The van der Waals surface area contributed by atoms with Crippen molar-refractivity contribution >= 4 is 23.5 Å². The molecule has 0 unspecified atom stereocenters. The van der Waals surface area contributed by atoms with Crippen LogP contribution >= 0.6 is 11.6 Å². The molecule has 0 aliphatic heterocycles. The Hall–Kier alpha value is -2.14. The number of aryl methyl sites for hydroxylation is 1. The molecule has 0 amide bonds. The number of aromatic amines is 1. The SMILES string of the molecule is Cc1ccccc1/C=N/Nc1cn[nH]c(=O)c1Cl. The minimum Gasteiger partial charge on any atom is -0.275 e. The van der Waals surface area contributed by atoms with E-state index in [1.807, 2.05) is 31.2 Å². The van der Waals surface area contributed by atoms with E-state index in [0.717, 1.165) is 11.1 Å². The van der Waals surface area contributed by atoms with Crippen LogP contribution in [0.4, 0.5) is 5.69 Å². The van der Waals surface area contributed by atoms with Crippen LogP contribution in [-0.2, 0) is 0 Å². The number of hydrogen-bond acceptors (Lipinski definition) is 4. The number of halogens is 1. The molecule has 0 saturated carbocycles. The van der Waals surface area contributed by atoms with Gasteiger partial charge in [0, 0.05) is 0 Å². The fraction of sp³-hybridized carbons (Fsp3) is 0.0833. The Morgan fingerprint density at radius 2 is 2.22 bits per heavy atom. The second-order valence-corrected chi connectivity index (χ2v) is 4.03. The van der Waals surface area contributed by atoms with Crippen LogP contribution in [0.1, 0.15) is 11.1 Å². The van der Waals surface area contributed by atoms with Crippen molar-refractivity contribution in [2.45, 2.75) is 6.92 Å². The van der Waals surface area contributed by atoms with Gasteiger partial charge >= 0.3 is 0 Å². The number of hydrogen-bond donors (Lipinski definition) is 2. The first-order valence-electron chi connectivity index (χ1n) is 5.26. The van der Waals surface area contributed by atoms with Crippen LogP contribution in [0.15, 0.2) is 40.4 Å². The molecule has 2 aromatic rings. The van der Waals surface area contributed by atoms with Gasteiger partial charge in [0.15, 0.2) is 0 Å². The van der Waals surface area contributed by atoms with Gasteiger partial charge in [-0.2, -0.15) is 10.2 Å². The first-order chi connectivity index (χ1) is 8.68. The highest BCUT2D eigenvalue weighted by Crippen LogP contribution is 2.14. The molecule has 0 fully saturated rings. The van der Waals surface area contributed by atoms with E-state index in [-0.39, 0.29) is 5.02 Å². The summed E-state index contributed by atoms with van der Waals surface area (Å²) in [6, 6.07) is 7.81. The molecule has 0 atom stereocenters. The average molecular weight is 263 g/mol. The largest absolute Gasteiger partial charge is 0.285 e. The third kappa shape index (κ3) is 2.75. The lowest BCUT2D eigenvalue weighted by atomic mass is 10.1. The third-order valence-corrected chi connectivity index (χ3v) is 2.75. The maximum Gasteiger partial charge on any atom is 0.285 e. The lowest BCUT2D eigenvalue weighted by Crippen LogP contribution is -2.10. The summed E-state index contributed by atoms with van der Waals surface area (Å²) in [5.74, 6) is 0. The van der Waals surface area contributed by atoms with Gasteiger partial charge in [0.2, 0.25) is 0 Å². The van der Waals surface area contributed by atoms with Crippen LogP contribution in [0.3, 0.4) is 0 Å². The molecule has 0 saturated heterocycles. The molecular weight excluding hydrogens is 252 g/mol. The Kier molecular flexibility index (Phi) is 3.74. The molecular formula is C12H11ClN4O. The maximum absolute atomic E-state index is 11.2. The molecule has 92 valence electrons. The van der Waals surface area contributed by atoms with Gasteiger partial charge in [-0.3, -0.25) is 10.2 Å². The number of H-pyrrole nitrogens is 1. The van der Waals surface area contributed by atoms with Gasteiger partial charge in [-0.25, -0.2) is 5.10 Å². The molecule has 18 heavy (non-hydrogen) atoms. The lowest BCUT2D eigenvalue weighted by molar-refractivity contribution is 0.987. The van der Waals surface area contributed by atoms with E-state index >= 15 is 0 Å². The fourth-order valence-electron chi connectivity index (χ4n) is 1.36. The van der Waals surface area contributed by atoms with Crippen LogP contribution < -0.4 is 11.0 Å². The van der Waals surface area contributed by atoms with Crippen molar-refractivity contribution in [3.05, 3.63) is 57.0 Å². The number of hydrazone groups is 1. The van der Waals surface area contributed by atoms with Gasteiger partial charge in [0.05, 0.1) is 12.4 Å². The summed E-state index contributed by atoms with van der Waals surface area (Å²) in [5, 5.41) is 9.91. The highest BCUT2D eigenvalue weighted by molar-refractivity contribution is 6.32. The van der Waals surface area contributed by atoms with E-state index in [0.29, 0.717) is 5.69 Å². The fourth-order valence-corrected chi connectivity index (χ4v) is 1.50. The van der Waals surface area contributed by atoms with Crippen molar-refractivity contribution < 1.29 is 0 Å². The molecule has 1 heterocycles. The van der Waals surface area contributed by atoms with Crippen molar-refractivity contribution in [3.63, 3.8) is 0 Å². The number of rotatable bonds is 3. The standard InChI is InChI=1S/C12H11ClN4O/c1-8-4-2-3-5-9(8)6-14-16-10-7-15-17-12(18)11(10)13/h2-7H,1H3,(H2,16,17,18)/b14-6+. The zero-order valence-electron chi connectivity index (χ0n) is 9.64. The Morgan fingerprint density at radius 3 is 3.00 bits per heavy atom. The van der Waals surface area contributed by atoms with E-state index in [1.54, 1.807) is 6.21 Å². The predicted octanol–water partition coefficient (Wildman–Crippen LogP) is 2.18. The van der Waals surface area contributed by atoms with E-state index in [4.69, 9.17) is 11.6 Å². The number of nitrogens with one attached hydrogen (secondary N) is 2. The average Bonchev–Trinajstić information content (AvgIpc) is 2.37. The van der Waals surface area contributed by atoms with Crippen molar-refractivity contribution in [3.8, 4) is 0 Å². The molecule has 6 heteroatoms. The Morgan fingerprint density at radius 1 is 1.44 bits per heavy atom. The molecule has 1 aromatic carbocycles. The van der Waals surface area contributed by atoms with Gasteiger partial charge in [0.1, 0.15) is 10.7 Å². The van der Waals surface area contributed by atoms with Gasteiger partial charge < -0.3 is 0 Å². The third-order valence-electron chi connectivity index (χ3n) is 2.37. The molecule has 0 spiro atoms. The van der Waals surface area contributed by atoms with Gasteiger partial charge in [-0.15, -0.1) is 0 Å². The van der Waals surface area contributed by atoms with Crippen molar-refractivity contribution in [2.24, 2.45) is 5.10 Å². The summed E-state index contributed by atoms with van der Waals surface area (Å²) >= 11 is 5.79. The number of aromatic nitrogens is 2. The summed E-state index contributed by atoms with van der Waals surface area (Å²) in [7, 11) is 0. The Labute approximate surface area is 109 Å². The van der Waals surface area contributed by atoms with Crippen LogP contribution in [0.5, 0.6) is 0 Å². The minimum absolute atomic E-state index is 0.0342. The Balaban J connectivity index is 2.15. The monoisotopic (exact) mass is 262 g/mol. The second-order valence-electron chi connectivity index (χ2n) is 3.65. The van der Waals surface area contributed by atoms with Gasteiger partial charge in [0.25, 0.3) is 5.56 Å². The van der Waals surface area contributed by atoms with Gasteiger partial charge in [-0.05, 0) is 18.1 Å². The molecule has 2 rings (SSSR count). The topological polar surface area (TPSA) is 70.1 Å². The quantitative estimate of drug-likeness (QED) is 0.658. The van der Waals surface area contributed by atoms with Crippen molar-refractivity contribution in [2.75, 3.05) is 5.43 Å². The highest BCUT2D eigenvalue weighted by Gasteiger charge is 2.02. The zero-order chi connectivity index (χ0) is 13.0. The number of nitrogens with zero attached hydrogens (tertiary/aromatic N) is 2. The molecule has 0 bridgehead atoms. The van der Waals surface area contributed by atoms with Gasteiger partial charge in [-0.1, -0.05) is 35.9 Å². The van der Waals surface area contributed by atoms with Crippen molar-refractivity contribution in [1.82, 2.24) is 10.2 Å². The minimum atomic E-state index is -0.451. The van der Waals surface area contributed by atoms with Crippen LogP contribution in [0.25, 0.3) is 0 Å². The van der Waals surface area contributed by atoms with Crippen LogP contribution in [0.2, 0.25) is 5.02 Å². The molecule has 0 aliphatic rings. The van der Waals surface area contributed by atoms with E-state index in [9.17, 15) is 4.79 Å². The molecule has 5 nitrogen and oxygen atoms in total. The van der Waals surface area contributed by atoms with E-state index in [1.165, 1.54) is 6.20 Å². The normalized spacial score (nSPS) is 10.8. The summed E-state index contributed by atoms with van der Waals surface area (Å²) in [4.78, 5) is 11.2. The predicted molar refractivity (Wildman–Crippen MR) is 72.3 cm³/mol. The molecule has 2 N–H and O–H groups in total. The zero-order valence-corrected chi connectivity index (χ0v) is 10.4. The van der Waals surface area contributed by atoms with Crippen molar-refractivity contribution in [1.29, 1.82) is 0 Å². The number of anilines is 1. The Bertz CT molecular complexity index is 636. The summed E-state index contributed by atoms with van der Waals surface area (Å²) in [6.07, 6.45) is 3.06. The first kappa shape index (κ1) is 12.3. The molecule has 0 aliphatic carbocycles. The summed E-state index contributed by atoms with van der Waals surface area (Å²) in [5.41, 5.74) is 4.69. The van der Waals surface area contributed by atoms with E-state index < -0.39 is 5.56 Å². The van der Waals surface area contributed by atoms with Crippen LogP contribution in [0, 0.1) is 6.92 Å². The van der Waals surface area contributed by atoms with Crippen LogP contribution in [-0.4, -0.2) is 16.4 Å². The smallest absolute Gasteiger partial charge is 0.275 e. The number of benzene rings is 1. The van der Waals surface area contributed by atoms with E-state index in [2.05, 4.69) is 20.7 Å². The second kappa shape index (κ2) is 5.46. The summed E-state index contributed by atoms with van der Waals surface area (Å²) in [6.45, 7) is 1.99. The highest BCUT2D eigenvalue weighted by atomic mass is 35.5. The maximum atomic E-state index is 11.2.